The van der Waals surface area contributed by atoms with Crippen LogP contribution in [0.5, 0.6) is 0 Å². The van der Waals surface area contributed by atoms with E-state index in [1.807, 2.05) is 0 Å². The Hall–Kier alpha value is -1.13. The molecule has 1 aromatic rings. The number of methoxy groups -OCH3 is 1. The Labute approximate surface area is 138 Å². The molecule has 116 valence electrons. The number of carbonyl (C=O) groups is 1. The van der Waals surface area contributed by atoms with Crippen molar-refractivity contribution in [1.29, 1.82) is 0 Å². The van der Waals surface area contributed by atoms with Crippen molar-refractivity contribution in [3.8, 4) is 0 Å². The molecule has 2 saturated heterocycles. The van der Waals surface area contributed by atoms with Crippen molar-refractivity contribution in [3.63, 3.8) is 0 Å². The first-order chi connectivity index (χ1) is 10.5. The average molecular weight is 363 g/mol. The van der Waals surface area contributed by atoms with Gasteiger partial charge in [-0.3, -0.25) is 4.79 Å². The molecule has 2 fully saturated rings. The lowest BCUT2D eigenvalue weighted by Gasteiger charge is -2.21. The molecule has 1 aromatic carbocycles. The third kappa shape index (κ3) is 1.80. The van der Waals surface area contributed by atoms with Gasteiger partial charge in [0, 0.05) is 4.47 Å². The van der Waals surface area contributed by atoms with E-state index in [4.69, 9.17) is 9.47 Å². The normalized spacial score (nSPS) is 32.8. The van der Waals surface area contributed by atoms with Gasteiger partial charge in [0.25, 0.3) is 0 Å². The Kier molecular flexibility index (Phi) is 3.24. The second kappa shape index (κ2) is 4.93. The smallest absolute Gasteiger partial charge is 0.173 e. The summed E-state index contributed by atoms with van der Waals surface area (Å²) in [6.45, 7) is 4.11. The maximum atomic E-state index is 13.1. The second-order valence-electron chi connectivity index (χ2n) is 6.56. The van der Waals surface area contributed by atoms with E-state index in [1.54, 1.807) is 7.11 Å². The van der Waals surface area contributed by atoms with Gasteiger partial charge in [0.15, 0.2) is 5.78 Å². The van der Waals surface area contributed by atoms with Crippen molar-refractivity contribution in [1.82, 2.24) is 0 Å². The standard InChI is InChI=1S/C18H19BrO3/c1-8-6-10(19)7-9(2)13(8)16-17(20)14-11-4-5-12(22-11)15(14)18(16)21-3/h6-7,11-12,14-15H,4-5H2,1-3H3/t11-,12+,14?,15?/m0/s1. The third-order valence-corrected chi connectivity index (χ3v) is 5.80. The van der Waals surface area contributed by atoms with E-state index in [-0.39, 0.29) is 29.8 Å². The number of hydrogen-bond acceptors (Lipinski definition) is 3. The molecule has 22 heavy (non-hydrogen) atoms. The molecule has 4 atom stereocenters. The molecule has 4 rings (SSSR count). The zero-order valence-corrected chi connectivity index (χ0v) is 14.6. The zero-order chi connectivity index (χ0) is 15.6. The lowest BCUT2D eigenvalue weighted by Crippen LogP contribution is -2.29. The largest absolute Gasteiger partial charge is 0.500 e. The molecule has 2 heterocycles. The van der Waals surface area contributed by atoms with Crippen LogP contribution in [0.15, 0.2) is 22.4 Å². The van der Waals surface area contributed by atoms with Crippen LogP contribution in [-0.4, -0.2) is 25.1 Å². The summed E-state index contributed by atoms with van der Waals surface area (Å²) >= 11 is 3.53. The Morgan fingerprint density at radius 2 is 1.73 bits per heavy atom. The fourth-order valence-electron chi connectivity index (χ4n) is 4.59. The van der Waals surface area contributed by atoms with E-state index in [1.165, 1.54) is 0 Å². The number of aryl methyl sites for hydroxylation is 2. The number of allylic oxidation sites excluding steroid dienone is 1. The highest BCUT2D eigenvalue weighted by Gasteiger charge is 2.59. The Balaban J connectivity index is 1.90. The lowest BCUT2D eigenvalue weighted by molar-refractivity contribution is -0.118. The minimum atomic E-state index is -0.0360. The molecule has 0 amide bonds. The van der Waals surface area contributed by atoms with E-state index in [0.717, 1.165) is 45.3 Å². The predicted molar refractivity (Wildman–Crippen MR) is 87.4 cm³/mol. The number of rotatable bonds is 2. The number of ketones is 1. The summed E-state index contributed by atoms with van der Waals surface area (Å²) in [6, 6.07) is 4.13. The second-order valence-corrected chi connectivity index (χ2v) is 7.48. The van der Waals surface area contributed by atoms with Gasteiger partial charge in [-0.2, -0.15) is 0 Å². The molecule has 0 aromatic heterocycles. The quantitative estimate of drug-likeness (QED) is 0.802. The summed E-state index contributed by atoms with van der Waals surface area (Å²) in [5, 5.41) is 0. The van der Waals surface area contributed by atoms with Crippen LogP contribution in [-0.2, 0) is 14.3 Å². The van der Waals surface area contributed by atoms with Crippen LogP contribution in [0.1, 0.15) is 29.5 Å². The molecule has 3 aliphatic rings. The number of hydrogen-bond donors (Lipinski definition) is 0. The summed E-state index contributed by atoms with van der Waals surface area (Å²) in [4.78, 5) is 13.1. The van der Waals surface area contributed by atoms with Crippen molar-refractivity contribution < 1.29 is 14.3 Å². The maximum absolute atomic E-state index is 13.1. The Bertz CT molecular complexity index is 683. The van der Waals surface area contributed by atoms with Crippen LogP contribution in [0.25, 0.3) is 5.57 Å². The van der Waals surface area contributed by atoms with E-state index in [9.17, 15) is 4.79 Å². The van der Waals surface area contributed by atoms with Gasteiger partial charge in [0.2, 0.25) is 0 Å². The summed E-state index contributed by atoms with van der Waals surface area (Å²) < 4.78 is 12.7. The molecule has 2 unspecified atom stereocenters. The Morgan fingerprint density at radius 3 is 2.32 bits per heavy atom. The van der Waals surface area contributed by atoms with Crippen molar-refractivity contribution in [2.45, 2.75) is 38.9 Å². The monoisotopic (exact) mass is 362 g/mol. The van der Waals surface area contributed by atoms with Crippen LogP contribution in [0.2, 0.25) is 0 Å². The van der Waals surface area contributed by atoms with E-state index in [2.05, 4.69) is 41.9 Å². The summed E-state index contributed by atoms with van der Waals surface area (Å²) in [5.41, 5.74) is 4.05. The first kappa shape index (κ1) is 14.5. The summed E-state index contributed by atoms with van der Waals surface area (Å²) in [5.74, 6) is 1.14. The van der Waals surface area contributed by atoms with Gasteiger partial charge in [-0.25, -0.2) is 0 Å². The molecule has 3 nitrogen and oxygen atoms in total. The van der Waals surface area contributed by atoms with Gasteiger partial charge in [0.05, 0.1) is 36.7 Å². The fraction of sp³-hybridized carbons (Fsp3) is 0.500. The molecule has 2 bridgehead atoms. The zero-order valence-electron chi connectivity index (χ0n) is 13.0. The molecule has 0 saturated carbocycles. The molecule has 0 radical (unpaired) electrons. The number of Topliss-reactive ketones (excluding diaryl/α,β-unsaturated/α-hetero) is 1. The Morgan fingerprint density at radius 1 is 1.14 bits per heavy atom. The number of fused-ring (bicyclic) bond motifs is 5. The minimum Gasteiger partial charge on any atom is -0.500 e. The van der Waals surface area contributed by atoms with Crippen molar-refractivity contribution in [3.05, 3.63) is 39.1 Å². The number of benzene rings is 1. The van der Waals surface area contributed by atoms with Crippen LogP contribution < -0.4 is 0 Å². The predicted octanol–water partition coefficient (Wildman–Crippen LogP) is 3.80. The first-order valence-electron chi connectivity index (χ1n) is 7.78. The molecular weight excluding hydrogens is 344 g/mol. The molecular formula is C18H19BrO3. The van der Waals surface area contributed by atoms with E-state index >= 15 is 0 Å². The molecule has 1 aliphatic carbocycles. The van der Waals surface area contributed by atoms with Crippen molar-refractivity contribution in [2.24, 2.45) is 11.8 Å². The first-order valence-corrected chi connectivity index (χ1v) is 8.57. The number of carbonyl (C=O) groups excluding carboxylic acids is 1. The highest BCUT2D eigenvalue weighted by Crippen LogP contribution is 2.55. The van der Waals surface area contributed by atoms with Gasteiger partial charge in [-0.1, -0.05) is 15.9 Å². The van der Waals surface area contributed by atoms with Crippen molar-refractivity contribution >= 4 is 27.3 Å². The summed E-state index contributed by atoms with van der Waals surface area (Å²) in [6.07, 6.45) is 2.28. The lowest BCUT2D eigenvalue weighted by atomic mass is 9.80. The van der Waals surface area contributed by atoms with Crippen LogP contribution in [0.4, 0.5) is 0 Å². The number of ether oxygens (including phenoxy) is 2. The van der Waals surface area contributed by atoms with Gasteiger partial charge in [-0.15, -0.1) is 0 Å². The highest BCUT2D eigenvalue weighted by atomic mass is 79.9. The van der Waals surface area contributed by atoms with Crippen molar-refractivity contribution in [2.75, 3.05) is 7.11 Å². The molecule has 2 aliphatic heterocycles. The third-order valence-electron chi connectivity index (χ3n) is 5.34. The maximum Gasteiger partial charge on any atom is 0.173 e. The van der Waals surface area contributed by atoms with Crippen LogP contribution in [0, 0.1) is 25.7 Å². The topological polar surface area (TPSA) is 35.5 Å². The molecule has 4 heteroatoms. The molecule has 0 spiro atoms. The minimum absolute atomic E-state index is 0.0360. The van der Waals surface area contributed by atoms with Gasteiger partial charge >= 0.3 is 0 Å². The van der Waals surface area contributed by atoms with Gasteiger partial charge in [0.1, 0.15) is 5.76 Å². The number of halogens is 1. The molecule has 0 N–H and O–H groups in total. The van der Waals surface area contributed by atoms with Gasteiger partial charge in [-0.05, 0) is 55.5 Å². The summed E-state index contributed by atoms with van der Waals surface area (Å²) in [7, 11) is 1.68. The van der Waals surface area contributed by atoms with E-state index < -0.39 is 0 Å². The van der Waals surface area contributed by atoms with Crippen LogP contribution in [0.3, 0.4) is 0 Å². The van der Waals surface area contributed by atoms with Crippen LogP contribution >= 0.6 is 15.9 Å². The SMILES string of the molecule is COC1=C(c2c(C)cc(Br)cc2C)C(=O)C2C1[C@H]1CC[C@@H]2O1. The average Bonchev–Trinajstić information content (AvgIpc) is 3.11. The van der Waals surface area contributed by atoms with Gasteiger partial charge < -0.3 is 9.47 Å². The highest BCUT2D eigenvalue weighted by molar-refractivity contribution is 9.10. The van der Waals surface area contributed by atoms with E-state index in [0.29, 0.717) is 0 Å². The fourth-order valence-corrected chi connectivity index (χ4v) is 5.27.